The lowest BCUT2D eigenvalue weighted by molar-refractivity contribution is 0.00578. The first-order valence-electron chi connectivity index (χ1n) is 31.6. The van der Waals surface area contributed by atoms with Gasteiger partial charge in [-0.05, 0) is 128 Å². The lowest BCUT2D eigenvalue weighted by atomic mass is 9.75. The predicted molar refractivity (Wildman–Crippen MR) is 394 cm³/mol. The van der Waals surface area contributed by atoms with Crippen LogP contribution in [0.2, 0.25) is 10.0 Å². The van der Waals surface area contributed by atoms with E-state index in [0.29, 0.717) is 45.0 Å². The Kier molecular flexibility index (Phi) is 18.4. The summed E-state index contributed by atoms with van der Waals surface area (Å²) in [5.41, 5.74) is 10.7. The zero-order valence-corrected chi connectivity index (χ0v) is 57.0. The van der Waals surface area contributed by atoms with Crippen LogP contribution in [0.25, 0.3) is 112 Å². The normalized spacial score (nSPS) is 15.0. The summed E-state index contributed by atoms with van der Waals surface area (Å²) < 4.78 is 26.5. The van der Waals surface area contributed by atoms with E-state index >= 15 is 0 Å². The van der Waals surface area contributed by atoms with Crippen molar-refractivity contribution in [3.05, 3.63) is 275 Å². The molecule has 15 heteroatoms. The number of fused-ring (bicyclic) bond motifs is 2. The minimum absolute atomic E-state index is 0.400. The van der Waals surface area contributed by atoms with Crippen molar-refractivity contribution in [3.8, 4) is 90.6 Å². The molecule has 0 aliphatic carbocycles. The fourth-order valence-electron chi connectivity index (χ4n) is 11.5. The number of hydrogen-bond acceptors (Lipinski definition) is 10. The lowest BCUT2D eigenvalue weighted by Gasteiger charge is -2.32. The Morgan fingerprint density at radius 2 is 0.505 bits per heavy atom. The van der Waals surface area contributed by atoms with Crippen molar-refractivity contribution in [1.29, 1.82) is 0 Å². The molecule has 2 aromatic heterocycles. The van der Waals surface area contributed by atoms with Gasteiger partial charge in [0.15, 0.2) is 34.9 Å². The zero-order chi connectivity index (χ0) is 66.1. The van der Waals surface area contributed by atoms with Gasteiger partial charge in [-0.25, -0.2) is 29.9 Å². The van der Waals surface area contributed by atoms with Gasteiger partial charge in [-0.1, -0.05) is 282 Å². The van der Waals surface area contributed by atoms with Crippen LogP contribution in [0.1, 0.15) is 55.4 Å². The number of benzene rings is 11. The Labute approximate surface area is 574 Å². The second kappa shape index (κ2) is 27.0. The highest BCUT2D eigenvalue weighted by atomic mass is 79.9. The quantitative estimate of drug-likeness (QED) is 0.123. The Morgan fingerprint density at radius 3 is 0.768 bits per heavy atom. The molecule has 0 unspecified atom stereocenters. The first-order chi connectivity index (χ1) is 45.8. The van der Waals surface area contributed by atoms with E-state index in [1.807, 2.05) is 121 Å². The number of aromatic nitrogens is 6. The van der Waals surface area contributed by atoms with Gasteiger partial charge in [0.2, 0.25) is 0 Å². The average Bonchev–Trinajstić information content (AvgIpc) is 1.70. The summed E-state index contributed by atoms with van der Waals surface area (Å²) in [6, 6.07) is 87.8. The van der Waals surface area contributed by atoms with Crippen molar-refractivity contribution >= 4 is 85.8 Å². The van der Waals surface area contributed by atoms with Crippen LogP contribution < -0.4 is 10.9 Å². The highest BCUT2D eigenvalue weighted by molar-refractivity contribution is 9.10. The summed E-state index contributed by atoms with van der Waals surface area (Å²) in [4.78, 5) is 29.2. The maximum atomic E-state index is 6.41. The Morgan fingerprint density at radius 1 is 0.274 bits per heavy atom. The maximum Gasteiger partial charge on any atom is 0.495 e. The van der Waals surface area contributed by atoms with Crippen LogP contribution in [0, 0.1) is 0 Å². The highest BCUT2D eigenvalue weighted by Gasteiger charge is 2.53. The largest absolute Gasteiger partial charge is 0.495 e. The molecule has 2 saturated heterocycles. The van der Waals surface area contributed by atoms with Crippen LogP contribution in [0.15, 0.2) is 265 Å². The Bertz CT molecular complexity index is 4420. The fraction of sp³-hybridized carbons (Fsp3) is 0.150. The van der Waals surface area contributed by atoms with Gasteiger partial charge in [0.1, 0.15) is 0 Å². The van der Waals surface area contributed by atoms with Crippen molar-refractivity contribution < 1.29 is 18.6 Å². The molecule has 11 aromatic carbocycles. The molecule has 0 saturated carbocycles. The van der Waals surface area contributed by atoms with Crippen LogP contribution >= 0.6 is 39.1 Å². The maximum absolute atomic E-state index is 6.41. The summed E-state index contributed by atoms with van der Waals surface area (Å²) in [7, 11) is -0.847. The van der Waals surface area contributed by atoms with E-state index in [1.165, 1.54) is 0 Å². The van der Waals surface area contributed by atoms with E-state index < -0.39 is 36.6 Å². The monoisotopic (exact) mass is 1350 g/mol. The smallest absolute Gasteiger partial charge is 0.399 e. The summed E-state index contributed by atoms with van der Waals surface area (Å²) in [6.45, 7) is 16.7. The molecule has 2 aliphatic heterocycles. The Hall–Kier alpha value is -9.01. The molecule has 2 aliphatic rings. The van der Waals surface area contributed by atoms with Crippen molar-refractivity contribution in [3.63, 3.8) is 0 Å². The van der Waals surface area contributed by atoms with E-state index in [-0.39, 0.29) is 0 Å². The van der Waals surface area contributed by atoms with Crippen molar-refractivity contribution in [2.24, 2.45) is 0 Å². The van der Waals surface area contributed by atoms with E-state index in [1.54, 1.807) is 18.2 Å². The van der Waals surface area contributed by atoms with Crippen LogP contribution in [-0.2, 0) is 18.6 Å². The summed E-state index contributed by atoms with van der Waals surface area (Å²) in [6.07, 6.45) is 0. The molecule has 0 amide bonds. The van der Waals surface area contributed by atoms with Gasteiger partial charge in [-0.2, -0.15) is 0 Å². The van der Waals surface area contributed by atoms with Gasteiger partial charge in [0, 0.05) is 47.9 Å². The van der Waals surface area contributed by atoms with Crippen molar-refractivity contribution in [1.82, 2.24) is 29.9 Å². The number of halogens is 3. The summed E-state index contributed by atoms with van der Waals surface area (Å²) in [5, 5.41) is 5.85. The zero-order valence-electron chi connectivity index (χ0n) is 53.9. The molecule has 468 valence electrons. The summed E-state index contributed by atoms with van der Waals surface area (Å²) in [5.74, 6) is 3.88. The standard InChI is InChI=1S/2C37H32BN3O2.C6H3BrCl2/c2*1-36(2)37(3,4)43-38(42-36)32-24-23-29(30-17-11-12-18-31(30)32)25-19-21-28(22-20-25)35-40-33(26-13-7-5-8-14-26)39-34(41-35)27-15-9-6-10-16-27;7-4-1-5(8)3-6(9)2-4/h2*5-24H,1-4H3;1-3H. The van der Waals surface area contributed by atoms with Gasteiger partial charge >= 0.3 is 14.2 Å². The summed E-state index contributed by atoms with van der Waals surface area (Å²) >= 11 is 14.5. The Balaban J connectivity index is 0.000000152. The second-order valence-corrected chi connectivity index (χ2v) is 27.3. The van der Waals surface area contributed by atoms with Gasteiger partial charge in [0.25, 0.3) is 0 Å². The molecular formula is C80H67B2BrCl2N6O4. The number of nitrogens with zero attached hydrogens (tertiary/aromatic N) is 6. The molecule has 13 aromatic rings. The van der Waals surface area contributed by atoms with Crippen molar-refractivity contribution in [2.45, 2.75) is 77.8 Å². The predicted octanol–water partition coefficient (Wildman–Crippen LogP) is 19.7. The minimum atomic E-state index is -0.423. The molecule has 10 nitrogen and oxygen atoms in total. The molecule has 0 bridgehead atoms. The van der Waals surface area contributed by atoms with Crippen LogP contribution in [0.5, 0.6) is 0 Å². The first-order valence-corrected chi connectivity index (χ1v) is 33.1. The third-order valence-corrected chi connectivity index (χ3v) is 19.0. The number of rotatable bonds is 10. The highest BCUT2D eigenvalue weighted by Crippen LogP contribution is 2.41. The molecule has 0 radical (unpaired) electrons. The average molecular weight is 1350 g/mol. The van der Waals surface area contributed by atoms with Crippen LogP contribution in [0.3, 0.4) is 0 Å². The molecule has 0 N–H and O–H groups in total. The number of hydrogen-bond donors (Lipinski definition) is 0. The van der Waals surface area contributed by atoms with Gasteiger partial charge < -0.3 is 18.6 Å². The molecule has 4 heterocycles. The van der Waals surface area contributed by atoms with Crippen LogP contribution in [-0.4, -0.2) is 66.5 Å². The third kappa shape index (κ3) is 13.9. The van der Waals surface area contributed by atoms with E-state index in [2.05, 4.69) is 193 Å². The molecule has 0 atom stereocenters. The van der Waals surface area contributed by atoms with Gasteiger partial charge in [-0.3, -0.25) is 0 Å². The molecule has 95 heavy (non-hydrogen) atoms. The third-order valence-electron chi connectivity index (χ3n) is 18.1. The minimum Gasteiger partial charge on any atom is -0.399 e. The molecule has 15 rings (SSSR count). The topological polar surface area (TPSA) is 114 Å². The molecule has 2 fully saturated rings. The SMILES string of the molecule is CC1(C)OB(c2ccc(-c3ccc(-c4nc(-c5ccccc5)nc(-c5ccccc5)n4)cc3)c3ccccc23)OC1(C)C.CC1(C)OB(c2ccc(-c3ccc(-c4nc(-c5ccccc5)nc(-c5ccccc5)n4)cc3)c3ccccc23)OC1(C)C.Clc1cc(Cl)cc(Br)c1. The van der Waals surface area contributed by atoms with Gasteiger partial charge in [-0.15, -0.1) is 0 Å². The second-order valence-electron chi connectivity index (χ2n) is 25.5. The fourth-order valence-corrected chi connectivity index (χ4v) is 12.8. The molecular weight excluding hydrogens is 1280 g/mol. The van der Waals surface area contributed by atoms with E-state index in [0.717, 1.165) is 92.6 Å². The van der Waals surface area contributed by atoms with Crippen LogP contribution in [0.4, 0.5) is 0 Å². The van der Waals surface area contributed by atoms with E-state index in [4.69, 9.17) is 71.7 Å². The van der Waals surface area contributed by atoms with Gasteiger partial charge in [0.05, 0.1) is 22.4 Å². The molecule has 0 spiro atoms. The van der Waals surface area contributed by atoms with Crippen molar-refractivity contribution in [2.75, 3.05) is 0 Å². The lowest BCUT2D eigenvalue weighted by Crippen LogP contribution is -2.41. The van der Waals surface area contributed by atoms with E-state index in [9.17, 15) is 0 Å². The first kappa shape index (κ1) is 64.7.